The molecular formula is C11H14Cl3N. The smallest absolute Gasteiger partial charge is 0.0451 e. The van der Waals surface area contributed by atoms with Gasteiger partial charge in [-0.1, -0.05) is 23.2 Å². The predicted octanol–water partition coefficient (Wildman–Crippen LogP) is 4.10. The average molecular weight is 267 g/mol. The fourth-order valence-corrected chi connectivity index (χ4v) is 1.94. The standard InChI is InChI=1S/C11H14Cl3N/c1-8(4-5-12)15-7-9-6-10(13)2-3-11(9)14/h2-3,6,8,15H,4-5,7H2,1H3. The number of alkyl halides is 1. The van der Waals surface area contributed by atoms with Crippen LogP contribution in [0.2, 0.25) is 10.0 Å². The van der Waals surface area contributed by atoms with Crippen LogP contribution in [0.25, 0.3) is 0 Å². The zero-order valence-electron chi connectivity index (χ0n) is 8.56. The molecule has 84 valence electrons. The van der Waals surface area contributed by atoms with Crippen LogP contribution < -0.4 is 5.32 Å². The molecule has 0 saturated carbocycles. The molecule has 1 aromatic carbocycles. The van der Waals surface area contributed by atoms with Crippen LogP contribution in [0.5, 0.6) is 0 Å². The first-order valence-electron chi connectivity index (χ1n) is 4.86. The van der Waals surface area contributed by atoms with Gasteiger partial charge in [-0.3, -0.25) is 0 Å². The first kappa shape index (κ1) is 13.1. The molecule has 1 nitrogen and oxygen atoms in total. The van der Waals surface area contributed by atoms with Crippen LogP contribution in [0.4, 0.5) is 0 Å². The van der Waals surface area contributed by atoms with Gasteiger partial charge in [0.05, 0.1) is 0 Å². The Labute approximate surface area is 106 Å². The highest BCUT2D eigenvalue weighted by molar-refractivity contribution is 6.33. The average Bonchev–Trinajstić information content (AvgIpc) is 2.20. The van der Waals surface area contributed by atoms with Gasteiger partial charge in [-0.2, -0.15) is 0 Å². The molecule has 0 aliphatic carbocycles. The minimum Gasteiger partial charge on any atom is -0.310 e. The van der Waals surface area contributed by atoms with Gasteiger partial charge >= 0.3 is 0 Å². The SMILES string of the molecule is CC(CCCl)NCc1cc(Cl)ccc1Cl. The number of benzene rings is 1. The Balaban J connectivity index is 2.53. The Morgan fingerprint density at radius 3 is 2.73 bits per heavy atom. The Kier molecular flexibility index (Phi) is 5.77. The summed E-state index contributed by atoms with van der Waals surface area (Å²) in [5.74, 6) is 0.664. The first-order valence-corrected chi connectivity index (χ1v) is 6.16. The van der Waals surface area contributed by atoms with Gasteiger partial charge < -0.3 is 5.32 Å². The van der Waals surface area contributed by atoms with Crippen molar-refractivity contribution < 1.29 is 0 Å². The Bertz CT molecular complexity index is 315. The van der Waals surface area contributed by atoms with E-state index in [1.807, 2.05) is 12.1 Å². The fraction of sp³-hybridized carbons (Fsp3) is 0.455. The van der Waals surface area contributed by atoms with Gasteiger partial charge in [0.15, 0.2) is 0 Å². The lowest BCUT2D eigenvalue weighted by molar-refractivity contribution is 0.536. The van der Waals surface area contributed by atoms with Gasteiger partial charge in [0, 0.05) is 28.5 Å². The van der Waals surface area contributed by atoms with E-state index >= 15 is 0 Å². The van der Waals surface area contributed by atoms with Gasteiger partial charge in [-0.25, -0.2) is 0 Å². The summed E-state index contributed by atoms with van der Waals surface area (Å²) in [5.41, 5.74) is 1.02. The molecule has 0 aliphatic heterocycles. The molecule has 0 aliphatic rings. The molecule has 0 saturated heterocycles. The highest BCUT2D eigenvalue weighted by Crippen LogP contribution is 2.20. The third-order valence-corrected chi connectivity index (χ3v) is 3.01. The van der Waals surface area contributed by atoms with Crippen molar-refractivity contribution in [3.8, 4) is 0 Å². The molecule has 0 aromatic heterocycles. The molecule has 4 heteroatoms. The summed E-state index contributed by atoms with van der Waals surface area (Å²) in [7, 11) is 0. The minimum atomic E-state index is 0.387. The third kappa shape index (κ3) is 4.60. The monoisotopic (exact) mass is 265 g/mol. The molecule has 0 spiro atoms. The van der Waals surface area contributed by atoms with Crippen molar-refractivity contribution >= 4 is 34.8 Å². The number of nitrogens with one attached hydrogen (secondary N) is 1. The van der Waals surface area contributed by atoms with Crippen LogP contribution in [-0.2, 0) is 6.54 Å². The Morgan fingerprint density at radius 1 is 1.33 bits per heavy atom. The normalized spacial score (nSPS) is 12.8. The van der Waals surface area contributed by atoms with Gasteiger partial charge in [0.2, 0.25) is 0 Å². The van der Waals surface area contributed by atoms with Crippen molar-refractivity contribution in [3.63, 3.8) is 0 Å². The van der Waals surface area contributed by atoms with Crippen LogP contribution in [0.3, 0.4) is 0 Å². The van der Waals surface area contributed by atoms with Crippen molar-refractivity contribution in [1.29, 1.82) is 0 Å². The lowest BCUT2D eigenvalue weighted by atomic mass is 10.2. The Morgan fingerprint density at radius 2 is 2.07 bits per heavy atom. The van der Waals surface area contributed by atoms with E-state index in [0.29, 0.717) is 16.9 Å². The molecule has 0 fully saturated rings. The molecule has 0 amide bonds. The lowest BCUT2D eigenvalue weighted by Crippen LogP contribution is -2.25. The highest BCUT2D eigenvalue weighted by Gasteiger charge is 2.04. The second kappa shape index (κ2) is 6.59. The maximum atomic E-state index is 6.03. The fourth-order valence-electron chi connectivity index (χ4n) is 1.23. The van der Waals surface area contributed by atoms with E-state index in [1.54, 1.807) is 6.07 Å². The van der Waals surface area contributed by atoms with Crippen molar-refractivity contribution in [1.82, 2.24) is 5.32 Å². The maximum absolute atomic E-state index is 6.03. The van der Waals surface area contributed by atoms with Gasteiger partial charge in [0.1, 0.15) is 0 Å². The number of hydrogen-bond acceptors (Lipinski definition) is 1. The van der Waals surface area contributed by atoms with Gasteiger partial charge in [0.25, 0.3) is 0 Å². The zero-order valence-corrected chi connectivity index (χ0v) is 10.8. The van der Waals surface area contributed by atoms with E-state index in [2.05, 4.69) is 12.2 Å². The van der Waals surface area contributed by atoms with Crippen molar-refractivity contribution in [2.75, 3.05) is 5.88 Å². The zero-order chi connectivity index (χ0) is 11.3. The van der Waals surface area contributed by atoms with E-state index in [0.717, 1.165) is 23.6 Å². The highest BCUT2D eigenvalue weighted by atomic mass is 35.5. The summed E-state index contributed by atoms with van der Waals surface area (Å²) in [6, 6.07) is 5.87. The number of halogens is 3. The van der Waals surface area contributed by atoms with Crippen LogP contribution >= 0.6 is 34.8 Å². The molecule has 1 N–H and O–H groups in total. The number of hydrogen-bond donors (Lipinski definition) is 1. The Hall–Kier alpha value is 0.0500. The molecule has 15 heavy (non-hydrogen) atoms. The summed E-state index contributed by atoms with van der Waals surface area (Å²) in [4.78, 5) is 0. The van der Waals surface area contributed by atoms with Crippen LogP contribution in [0.1, 0.15) is 18.9 Å². The molecule has 1 atom stereocenters. The van der Waals surface area contributed by atoms with Crippen molar-refractivity contribution in [2.45, 2.75) is 25.9 Å². The van der Waals surface area contributed by atoms with Crippen molar-refractivity contribution in [3.05, 3.63) is 33.8 Å². The maximum Gasteiger partial charge on any atom is 0.0451 e. The number of rotatable bonds is 5. The molecule has 0 heterocycles. The quantitative estimate of drug-likeness (QED) is 0.791. The van der Waals surface area contributed by atoms with Crippen LogP contribution in [-0.4, -0.2) is 11.9 Å². The van der Waals surface area contributed by atoms with Gasteiger partial charge in [-0.15, -0.1) is 11.6 Å². The molecular weight excluding hydrogens is 252 g/mol. The lowest BCUT2D eigenvalue weighted by Gasteiger charge is -2.13. The molecule has 1 unspecified atom stereocenters. The summed E-state index contributed by atoms with van der Waals surface area (Å²) < 4.78 is 0. The van der Waals surface area contributed by atoms with E-state index in [9.17, 15) is 0 Å². The van der Waals surface area contributed by atoms with Gasteiger partial charge in [-0.05, 0) is 37.1 Å². The second-order valence-corrected chi connectivity index (χ2v) is 4.72. The van der Waals surface area contributed by atoms with E-state index in [1.165, 1.54) is 0 Å². The first-order chi connectivity index (χ1) is 7.13. The van der Waals surface area contributed by atoms with Crippen LogP contribution in [0.15, 0.2) is 18.2 Å². The predicted molar refractivity (Wildman–Crippen MR) is 68.1 cm³/mol. The van der Waals surface area contributed by atoms with E-state index < -0.39 is 0 Å². The summed E-state index contributed by atoms with van der Waals surface area (Å²) in [6.45, 7) is 2.82. The largest absolute Gasteiger partial charge is 0.310 e. The van der Waals surface area contributed by atoms with E-state index in [-0.39, 0.29) is 0 Å². The molecule has 1 rings (SSSR count). The second-order valence-electron chi connectivity index (χ2n) is 3.50. The van der Waals surface area contributed by atoms with Crippen LogP contribution in [0, 0.1) is 0 Å². The molecule has 0 bridgehead atoms. The summed E-state index contributed by atoms with van der Waals surface area (Å²) >= 11 is 17.6. The molecule has 0 radical (unpaired) electrons. The minimum absolute atomic E-state index is 0.387. The third-order valence-electron chi connectivity index (χ3n) is 2.19. The topological polar surface area (TPSA) is 12.0 Å². The van der Waals surface area contributed by atoms with Crippen molar-refractivity contribution in [2.24, 2.45) is 0 Å². The van der Waals surface area contributed by atoms with E-state index in [4.69, 9.17) is 34.8 Å². The molecule has 1 aromatic rings. The summed E-state index contributed by atoms with van der Waals surface area (Å²) in [6.07, 6.45) is 0.944. The summed E-state index contributed by atoms with van der Waals surface area (Å²) in [5, 5.41) is 4.79.